The van der Waals surface area contributed by atoms with Crippen LogP contribution in [0.3, 0.4) is 0 Å². The lowest BCUT2D eigenvalue weighted by Gasteiger charge is -2.28. The zero-order valence-electron chi connectivity index (χ0n) is 10.2. The molecule has 0 spiro atoms. The van der Waals surface area contributed by atoms with Gasteiger partial charge in [-0.2, -0.15) is 17.6 Å². The van der Waals surface area contributed by atoms with Crippen LogP contribution in [-0.4, -0.2) is 27.4 Å². The SMILES string of the molecule is CCOC(F)(F)C(F)(F)CC(C)C[SiH](C)C. The fourth-order valence-corrected chi connectivity index (χ4v) is 3.51. The predicted octanol–water partition coefficient (Wildman–Crippen LogP) is 3.76. The van der Waals surface area contributed by atoms with Crippen LogP contribution in [0.2, 0.25) is 19.1 Å². The van der Waals surface area contributed by atoms with Crippen molar-refractivity contribution in [1.29, 1.82) is 0 Å². The Morgan fingerprint density at radius 1 is 1.19 bits per heavy atom. The van der Waals surface area contributed by atoms with E-state index in [1.165, 1.54) is 6.92 Å². The van der Waals surface area contributed by atoms with E-state index in [9.17, 15) is 17.6 Å². The molecule has 0 rings (SSSR count). The Labute approximate surface area is 95.8 Å². The standard InChI is InChI=1S/C10H20F4OSi/c1-5-15-10(13,14)9(11,12)6-8(2)7-16(3)4/h8,16H,5-7H2,1-4H3. The molecule has 1 nitrogen and oxygen atoms in total. The summed E-state index contributed by atoms with van der Waals surface area (Å²) in [6.45, 7) is 6.46. The molecule has 0 N–H and O–H groups in total. The maximum Gasteiger partial charge on any atom is 0.419 e. The monoisotopic (exact) mass is 260 g/mol. The molecule has 0 aliphatic heterocycles. The van der Waals surface area contributed by atoms with E-state index in [4.69, 9.17) is 0 Å². The topological polar surface area (TPSA) is 9.23 Å². The maximum atomic E-state index is 13.2. The minimum atomic E-state index is -4.35. The Morgan fingerprint density at radius 2 is 1.69 bits per heavy atom. The minimum absolute atomic E-state index is 0.395. The molecule has 0 heterocycles. The third-order valence-electron chi connectivity index (χ3n) is 2.23. The molecule has 0 fully saturated rings. The van der Waals surface area contributed by atoms with Crippen LogP contribution in [0, 0.1) is 5.92 Å². The summed E-state index contributed by atoms with van der Waals surface area (Å²) >= 11 is 0. The maximum absolute atomic E-state index is 13.2. The second-order valence-corrected chi connectivity index (χ2v) is 7.85. The van der Waals surface area contributed by atoms with Crippen molar-refractivity contribution in [2.45, 2.75) is 51.4 Å². The molecule has 0 amide bonds. The van der Waals surface area contributed by atoms with Crippen LogP contribution in [0.4, 0.5) is 17.6 Å². The first-order valence-electron chi connectivity index (χ1n) is 5.52. The smallest absolute Gasteiger partial charge is 0.316 e. The zero-order chi connectivity index (χ0) is 13.0. The van der Waals surface area contributed by atoms with Gasteiger partial charge >= 0.3 is 12.0 Å². The lowest BCUT2D eigenvalue weighted by molar-refractivity contribution is -0.349. The Kier molecular flexibility index (Phi) is 5.96. The largest absolute Gasteiger partial charge is 0.419 e. The Morgan fingerprint density at radius 3 is 2.06 bits per heavy atom. The van der Waals surface area contributed by atoms with Crippen LogP contribution in [0.15, 0.2) is 0 Å². The molecule has 16 heavy (non-hydrogen) atoms. The highest BCUT2D eigenvalue weighted by Crippen LogP contribution is 2.40. The summed E-state index contributed by atoms with van der Waals surface area (Å²) in [5.41, 5.74) is 0. The van der Waals surface area contributed by atoms with Crippen LogP contribution in [-0.2, 0) is 4.74 Å². The van der Waals surface area contributed by atoms with Crippen LogP contribution in [0.5, 0.6) is 0 Å². The van der Waals surface area contributed by atoms with Gasteiger partial charge in [0, 0.05) is 15.2 Å². The minimum Gasteiger partial charge on any atom is -0.316 e. The molecule has 0 saturated heterocycles. The Hall–Kier alpha value is -0.103. The third-order valence-corrected chi connectivity index (χ3v) is 3.98. The number of hydrogen-bond donors (Lipinski definition) is 0. The summed E-state index contributed by atoms with van der Waals surface area (Å²) in [6.07, 6.45) is -5.17. The third kappa shape index (κ3) is 4.82. The fourth-order valence-electron chi connectivity index (χ4n) is 1.73. The molecule has 0 aromatic rings. The van der Waals surface area contributed by atoms with Gasteiger partial charge in [0.2, 0.25) is 0 Å². The van der Waals surface area contributed by atoms with Crippen molar-refractivity contribution in [2.24, 2.45) is 5.92 Å². The average molecular weight is 260 g/mol. The van der Waals surface area contributed by atoms with Gasteiger partial charge in [-0.05, 0) is 12.8 Å². The molecule has 1 unspecified atom stereocenters. The van der Waals surface area contributed by atoms with Gasteiger partial charge in [-0.25, -0.2) is 0 Å². The van der Waals surface area contributed by atoms with Crippen LogP contribution in [0.1, 0.15) is 20.3 Å². The van der Waals surface area contributed by atoms with Crippen molar-refractivity contribution in [3.05, 3.63) is 0 Å². The number of rotatable bonds is 7. The summed E-state index contributed by atoms with van der Waals surface area (Å²) in [5.74, 6) is -4.47. The van der Waals surface area contributed by atoms with Crippen molar-refractivity contribution in [1.82, 2.24) is 0 Å². The lowest BCUT2D eigenvalue weighted by atomic mass is 10.0. The molecule has 0 aliphatic rings. The van der Waals surface area contributed by atoms with E-state index in [1.807, 2.05) is 13.1 Å². The van der Waals surface area contributed by atoms with Crippen LogP contribution < -0.4 is 0 Å². The van der Waals surface area contributed by atoms with Gasteiger partial charge in [0.1, 0.15) is 0 Å². The van der Waals surface area contributed by atoms with Gasteiger partial charge in [-0.15, -0.1) is 0 Å². The van der Waals surface area contributed by atoms with Crippen LogP contribution in [0.25, 0.3) is 0 Å². The van der Waals surface area contributed by atoms with E-state index in [2.05, 4.69) is 4.74 Å². The molecule has 98 valence electrons. The summed E-state index contributed by atoms with van der Waals surface area (Å²) in [5, 5.41) is 0. The van der Waals surface area contributed by atoms with E-state index in [0.717, 1.165) is 0 Å². The van der Waals surface area contributed by atoms with Gasteiger partial charge in [-0.3, -0.25) is 0 Å². The number of hydrogen-bond acceptors (Lipinski definition) is 1. The molecule has 0 aromatic carbocycles. The fraction of sp³-hybridized carbons (Fsp3) is 1.00. The normalized spacial score (nSPS) is 15.6. The van der Waals surface area contributed by atoms with E-state index in [1.54, 1.807) is 6.92 Å². The molecule has 0 aliphatic carbocycles. The molecule has 0 radical (unpaired) electrons. The molecule has 6 heteroatoms. The van der Waals surface area contributed by atoms with Gasteiger partial charge in [0.05, 0.1) is 6.61 Å². The predicted molar refractivity (Wildman–Crippen MR) is 59.0 cm³/mol. The zero-order valence-corrected chi connectivity index (χ0v) is 11.4. The highest BCUT2D eigenvalue weighted by atomic mass is 28.3. The Balaban J connectivity index is 4.42. The second kappa shape index (κ2) is 6.00. The first-order valence-corrected chi connectivity index (χ1v) is 8.64. The van der Waals surface area contributed by atoms with Crippen molar-refractivity contribution >= 4 is 8.80 Å². The molecular weight excluding hydrogens is 240 g/mol. The number of halogens is 4. The van der Waals surface area contributed by atoms with Crippen LogP contribution >= 0.6 is 0 Å². The summed E-state index contributed by atoms with van der Waals surface area (Å²) in [7, 11) is -1.01. The quantitative estimate of drug-likeness (QED) is 0.500. The molecule has 0 bridgehead atoms. The van der Waals surface area contributed by atoms with E-state index >= 15 is 0 Å². The van der Waals surface area contributed by atoms with E-state index < -0.39 is 39.8 Å². The average Bonchev–Trinajstić information content (AvgIpc) is 1.99. The summed E-state index contributed by atoms with van der Waals surface area (Å²) in [4.78, 5) is 0. The van der Waals surface area contributed by atoms with Crippen molar-refractivity contribution in [3.63, 3.8) is 0 Å². The number of ether oxygens (including phenoxy) is 1. The highest BCUT2D eigenvalue weighted by molar-refractivity contribution is 6.55. The van der Waals surface area contributed by atoms with Gasteiger partial charge in [0.25, 0.3) is 0 Å². The Bertz CT molecular complexity index is 209. The van der Waals surface area contributed by atoms with Crippen molar-refractivity contribution in [3.8, 4) is 0 Å². The summed E-state index contributed by atoms with van der Waals surface area (Å²) in [6, 6.07) is 0.637. The lowest BCUT2D eigenvalue weighted by Crippen LogP contribution is -2.44. The van der Waals surface area contributed by atoms with Gasteiger partial charge < -0.3 is 4.74 Å². The van der Waals surface area contributed by atoms with Gasteiger partial charge in [0.15, 0.2) is 0 Å². The number of alkyl halides is 4. The first-order chi connectivity index (χ1) is 7.12. The van der Waals surface area contributed by atoms with Crippen molar-refractivity contribution < 1.29 is 22.3 Å². The summed E-state index contributed by atoms with van der Waals surface area (Å²) < 4.78 is 56.2. The van der Waals surface area contributed by atoms with E-state index in [-0.39, 0.29) is 0 Å². The molecule has 1 atom stereocenters. The van der Waals surface area contributed by atoms with Gasteiger partial charge in [-0.1, -0.05) is 26.1 Å². The first kappa shape index (κ1) is 15.9. The molecular formula is C10H20F4OSi. The van der Waals surface area contributed by atoms with E-state index in [0.29, 0.717) is 6.04 Å². The second-order valence-electron chi connectivity index (χ2n) is 4.59. The molecule has 0 saturated carbocycles. The highest BCUT2D eigenvalue weighted by Gasteiger charge is 2.57. The van der Waals surface area contributed by atoms with Crippen molar-refractivity contribution in [2.75, 3.05) is 6.61 Å². The molecule has 0 aromatic heterocycles.